The second-order valence-electron chi connectivity index (χ2n) is 8.91. The Morgan fingerprint density at radius 3 is 2.53 bits per heavy atom. The van der Waals surface area contributed by atoms with Crippen molar-refractivity contribution in [1.82, 2.24) is 4.90 Å². The molecular formula is C28H27N3OS2. The molecule has 6 heteroatoms. The zero-order valence-corrected chi connectivity index (χ0v) is 20.9. The summed E-state index contributed by atoms with van der Waals surface area (Å²) in [6, 6.07) is 23.2. The monoisotopic (exact) mass is 485 g/mol. The van der Waals surface area contributed by atoms with E-state index in [1.54, 1.807) is 23.5 Å². The van der Waals surface area contributed by atoms with E-state index in [9.17, 15) is 4.79 Å². The highest BCUT2D eigenvalue weighted by Gasteiger charge is 2.42. The smallest absolute Gasteiger partial charge is 0.269 e. The average molecular weight is 486 g/mol. The zero-order valence-electron chi connectivity index (χ0n) is 19.2. The number of thioether (sulfide) groups is 2. The number of para-hydroxylation sites is 1. The number of fused-ring (bicyclic) bond motifs is 2. The molecule has 0 N–H and O–H groups in total. The molecule has 172 valence electrons. The first-order valence-electron chi connectivity index (χ1n) is 12.1. The summed E-state index contributed by atoms with van der Waals surface area (Å²) >= 11 is 3.27. The van der Waals surface area contributed by atoms with E-state index in [1.807, 2.05) is 4.90 Å². The highest BCUT2D eigenvalue weighted by atomic mass is 32.2. The molecule has 3 aliphatic rings. The highest BCUT2D eigenvalue weighted by molar-refractivity contribution is 8.19. The lowest BCUT2D eigenvalue weighted by Gasteiger charge is -2.30. The lowest BCUT2D eigenvalue weighted by Crippen LogP contribution is -2.40. The van der Waals surface area contributed by atoms with Crippen LogP contribution >= 0.6 is 23.5 Å². The number of rotatable bonds is 3. The van der Waals surface area contributed by atoms with Crippen molar-refractivity contribution in [2.24, 2.45) is 4.99 Å². The molecule has 0 radical (unpaired) electrons. The number of carbonyl (C=O) groups is 1. The Morgan fingerprint density at radius 2 is 1.68 bits per heavy atom. The van der Waals surface area contributed by atoms with Gasteiger partial charge in [0, 0.05) is 22.9 Å². The Kier molecular flexibility index (Phi) is 5.87. The lowest BCUT2D eigenvalue weighted by molar-refractivity contribution is -0.124. The second kappa shape index (κ2) is 9.16. The maximum Gasteiger partial charge on any atom is 0.269 e. The topological polar surface area (TPSA) is 35.9 Å². The van der Waals surface area contributed by atoms with Gasteiger partial charge in [-0.05, 0) is 55.1 Å². The van der Waals surface area contributed by atoms with Crippen molar-refractivity contribution < 1.29 is 4.79 Å². The fourth-order valence-electron chi connectivity index (χ4n) is 5.18. The SMILES string of the molecule is CCN1C(=C2SC(=Nc3cccc4ccccc34)N(C3CCCCC3)C2=O)Sc2ccccc21. The molecule has 2 aliphatic heterocycles. The van der Waals surface area contributed by atoms with Crippen molar-refractivity contribution >= 4 is 56.7 Å². The molecule has 0 unspecified atom stereocenters. The van der Waals surface area contributed by atoms with Gasteiger partial charge in [0.15, 0.2) is 5.17 Å². The summed E-state index contributed by atoms with van der Waals surface area (Å²) in [6.07, 6.45) is 5.70. The fourth-order valence-corrected chi connectivity index (χ4v) is 7.63. The quantitative estimate of drug-likeness (QED) is 0.359. The second-order valence-corrected chi connectivity index (χ2v) is 10.9. The molecule has 6 rings (SSSR count). The lowest BCUT2D eigenvalue weighted by atomic mass is 9.94. The third-order valence-electron chi connectivity index (χ3n) is 6.85. The molecule has 34 heavy (non-hydrogen) atoms. The van der Waals surface area contributed by atoms with Gasteiger partial charge in [0.1, 0.15) is 9.93 Å². The van der Waals surface area contributed by atoms with E-state index >= 15 is 0 Å². The summed E-state index contributed by atoms with van der Waals surface area (Å²) < 4.78 is 0. The Bertz CT molecular complexity index is 1320. The van der Waals surface area contributed by atoms with Crippen LogP contribution in [0.3, 0.4) is 0 Å². The highest BCUT2D eigenvalue weighted by Crippen LogP contribution is 2.51. The average Bonchev–Trinajstić information content (AvgIpc) is 3.41. The van der Waals surface area contributed by atoms with Crippen molar-refractivity contribution in [3.8, 4) is 0 Å². The third kappa shape index (κ3) is 3.73. The van der Waals surface area contributed by atoms with Gasteiger partial charge in [-0.2, -0.15) is 0 Å². The number of carbonyl (C=O) groups excluding carboxylic acids is 1. The summed E-state index contributed by atoms with van der Waals surface area (Å²) in [4.78, 5) is 25.5. The minimum absolute atomic E-state index is 0.115. The summed E-state index contributed by atoms with van der Waals surface area (Å²) in [5.41, 5.74) is 2.12. The van der Waals surface area contributed by atoms with Crippen LogP contribution in [-0.4, -0.2) is 28.6 Å². The first-order valence-corrected chi connectivity index (χ1v) is 13.7. The van der Waals surface area contributed by atoms with E-state index in [4.69, 9.17) is 4.99 Å². The van der Waals surface area contributed by atoms with Gasteiger partial charge in [-0.3, -0.25) is 9.69 Å². The Balaban J connectivity index is 1.46. The van der Waals surface area contributed by atoms with Crippen LogP contribution in [-0.2, 0) is 4.79 Å². The Morgan fingerprint density at radius 1 is 0.912 bits per heavy atom. The summed E-state index contributed by atoms with van der Waals surface area (Å²) in [5, 5.41) is 4.15. The van der Waals surface area contributed by atoms with Crippen LogP contribution in [0.1, 0.15) is 39.0 Å². The minimum Gasteiger partial charge on any atom is -0.334 e. The van der Waals surface area contributed by atoms with Crippen LogP contribution in [0.5, 0.6) is 0 Å². The van der Waals surface area contributed by atoms with E-state index < -0.39 is 0 Å². The molecule has 3 aromatic rings. The minimum atomic E-state index is 0.115. The van der Waals surface area contributed by atoms with Gasteiger partial charge < -0.3 is 4.90 Å². The van der Waals surface area contributed by atoms with E-state index in [0.717, 1.165) is 45.6 Å². The van der Waals surface area contributed by atoms with E-state index in [0.29, 0.717) is 0 Å². The van der Waals surface area contributed by atoms with Crippen molar-refractivity contribution in [2.45, 2.75) is 50.0 Å². The van der Waals surface area contributed by atoms with Gasteiger partial charge in [0.25, 0.3) is 5.91 Å². The van der Waals surface area contributed by atoms with Crippen molar-refractivity contribution in [3.63, 3.8) is 0 Å². The number of aliphatic imine (C=N–C) groups is 1. The number of benzene rings is 3. The fraction of sp³-hybridized carbons (Fsp3) is 0.286. The van der Waals surface area contributed by atoms with Crippen molar-refractivity contribution in [2.75, 3.05) is 11.4 Å². The third-order valence-corrected chi connectivity index (χ3v) is 9.21. The maximum absolute atomic E-state index is 14.0. The standard InChI is InChI=1S/C28H27N3OS2/c1-2-30-23-17-8-9-18-24(23)33-27(30)25-26(32)31(20-13-4-3-5-14-20)28(34-25)29-22-16-10-12-19-11-6-7-15-21(19)22/h6-12,15-18,20H,2-5,13-14H2,1H3. The van der Waals surface area contributed by atoms with Gasteiger partial charge in [-0.1, -0.05) is 79.6 Å². The van der Waals surface area contributed by atoms with Gasteiger partial charge in [0.2, 0.25) is 0 Å². The van der Waals surface area contributed by atoms with Crippen LogP contribution < -0.4 is 4.90 Å². The van der Waals surface area contributed by atoms with E-state index in [2.05, 4.69) is 78.6 Å². The Hall–Kier alpha value is -2.70. The van der Waals surface area contributed by atoms with Crippen molar-refractivity contribution in [3.05, 3.63) is 76.7 Å². The first kappa shape index (κ1) is 21.8. The van der Waals surface area contributed by atoms with Crippen LogP contribution in [0.4, 0.5) is 11.4 Å². The molecule has 0 spiro atoms. The van der Waals surface area contributed by atoms with Crippen LogP contribution in [0.15, 0.2) is 86.6 Å². The van der Waals surface area contributed by atoms with Crippen molar-refractivity contribution in [1.29, 1.82) is 0 Å². The van der Waals surface area contributed by atoms with Gasteiger partial charge in [0.05, 0.1) is 11.4 Å². The van der Waals surface area contributed by atoms with Crippen LogP contribution in [0.25, 0.3) is 10.8 Å². The summed E-state index contributed by atoms with van der Waals surface area (Å²) in [5.74, 6) is 0.115. The Labute approximate surface area is 209 Å². The predicted molar refractivity (Wildman–Crippen MR) is 145 cm³/mol. The number of amides is 1. The molecule has 3 aromatic carbocycles. The molecule has 1 amide bonds. The number of amidine groups is 1. The van der Waals surface area contributed by atoms with E-state index in [-0.39, 0.29) is 11.9 Å². The number of anilines is 1. The molecule has 1 saturated heterocycles. The number of hydrogen-bond donors (Lipinski definition) is 0. The molecular weight excluding hydrogens is 458 g/mol. The number of hydrogen-bond acceptors (Lipinski definition) is 5. The molecule has 1 saturated carbocycles. The summed E-state index contributed by atoms with van der Waals surface area (Å²) in [7, 11) is 0. The predicted octanol–water partition coefficient (Wildman–Crippen LogP) is 7.54. The molecule has 2 heterocycles. The maximum atomic E-state index is 14.0. The van der Waals surface area contributed by atoms with Crippen LogP contribution in [0.2, 0.25) is 0 Å². The normalized spacial score (nSPS) is 22.3. The zero-order chi connectivity index (χ0) is 23.1. The summed E-state index contributed by atoms with van der Waals surface area (Å²) in [6.45, 7) is 2.98. The van der Waals surface area contributed by atoms with Gasteiger partial charge >= 0.3 is 0 Å². The molecule has 0 bridgehead atoms. The molecule has 2 fully saturated rings. The number of nitrogens with zero attached hydrogens (tertiary/aromatic N) is 3. The molecule has 0 atom stereocenters. The largest absolute Gasteiger partial charge is 0.334 e. The first-order chi connectivity index (χ1) is 16.7. The van der Waals surface area contributed by atoms with E-state index in [1.165, 1.54) is 35.2 Å². The molecule has 4 nitrogen and oxygen atoms in total. The van der Waals surface area contributed by atoms with Gasteiger partial charge in [-0.15, -0.1) is 0 Å². The molecule has 0 aromatic heterocycles. The molecule has 1 aliphatic carbocycles. The van der Waals surface area contributed by atoms with Gasteiger partial charge in [-0.25, -0.2) is 4.99 Å². The van der Waals surface area contributed by atoms with Crippen LogP contribution in [0, 0.1) is 0 Å².